The van der Waals surface area contributed by atoms with Crippen LogP contribution in [0.25, 0.3) is 0 Å². The molecule has 2 aromatic rings. The third-order valence-electron chi connectivity index (χ3n) is 7.22. The van der Waals surface area contributed by atoms with Crippen LogP contribution in [0, 0.1) is 0 Å². The number of ether oxygens (including phenoxy) is 3. The number of halogens is 3. The molecule has 1 aliphatic carbocycles. The van der Waals surface area contributed by atoms with Crippen molar-refractivity contribution >= 4 is 5.97 Å². The molecule has 1 fully saturated rings. The van der Waals surface area contributed by atoms with Crippen molar-refractivity contribution in [1.82, 2.24) is 4.90 Å². The van der Waals surface area contributed by atoms with Crippen LogP contribution in [0.5, 0.6) is 11.5 Å². The molecule has 0 radical (unpaired) electrons. The Hall–Kier alpha value is -2.78. The summed E-state index contributed by atoms with van der Waals surface area (Å²) in [6, 6.07) is 8.08. The van der Waals surface area contributed by atoms with E-state index in [4.69, 9.17) is 19.3 Å². The van der Waals surface area contributed by atoms with Crippen molar-refractivity contribution < 1.29 is 37.3 Å². The summed E-state index contributed by atoms with van der Waals surface area (Å²) in [5.41, 5.74) is 2.10. The van der Waals surface area contributed by atoms with Crippen LogP contribution in [0.15, 0.2) is 30.3 Å². The molecule has 4 atom stereocenters. The normalized spacial score (nSPS) is 25.8. The number of nitrogens with zero attached hydrogens (tertiary/aromatic N) is 1. The van der Waals surface area contributed by atoms with Crippen molar-refractivity contribution in [1.29, 1.82) is 0 Å². The Morgan fingerprint density at radius 2 is 1.86 bits per heavy atom. The number of hydrogen-bond donors (Lipinski definition) is 1. The molecule has 2 heterocycles. The van der Waals surface area contributed by atoms with Gasteiger partial charge in [0.25, 0.3) is 0 Å². The summed E-state index contributed by atoms with van der Waals surface area (Å²) in [5, 5.41) is 9.10. The Morgan fingerprint density at radius 1 is 1.14 bits per heavy atom. The lowest BCUT2D eigenvalue weighted by molar-refractivity contribution is -0.139. The fourth-order valence-corrected chi connectivity index (χ4v) is 5.82. The first-order valence-electron chi connectivity index (χ1n) is 12.3. The molecule has 0 spiro atoms. The average molecular weight is 506 g/mol. The smallest absolute Gasteiger partial charge is 0.416 e. The molecule has 2 unspecified atom stereocenters. The molecule has 2 aromatic carbocycles. The highest BCUT2D eigenvalue weighted by Gasteiger charge is 2.38. The second-order valence-corrected chi connectivity index (χ2v) is 10.1. The first kappa shape index (κ1) is 24.9. The minimum Gasteiger partial charge on any atom is -0.492 e. The van der Waals surface area contributed by atoms with Crippen molar-refractivity contribution in [2.45, 2.75) is 70.1 Å². The van der Waals surface area contributed by atoms with Crippen molar-refractivity contribution in [2.24, 2.45) is 0 Å². The Labute approximate surface area is 207 Å². The van der Waals surface area contributed by atoms with Gasteiger partial charge in [-0.15, -0.1) is 0 Å². The van der Waals surface area contributed by atoms with Crippen LogP contribution in [-0.4, -0.2) is 47.9 Å². The fourth-order valence-electron chi connectivity index (χ4n) is 5.82. The molecule has 1 saturated heterocycles. The van der Waals surface area contributed by atoms with Gasteiger partial charge in [0.2, 0.25) is 0 Å². The maximum Gasteiger partial charge on any atom is 0.416 e. The molecule has 0 aromatic heterocycles. The molecule has 0 amide bonds. The van der Waals surface area contributed by atoms with Crippen LogP contribution < -0.4 is 9.47 Å². The van der Waals surface area contributed by atoms with E-state index >= 15 is 0 Å². The first-order chi connectivity index (χ1) is 17.1. The van der Waals surface area contributed by atoms with Crippen molar-refractivity contribution in [3.8, 4) is 11.5 Å². The van der Waals surface area contributed by atoms with E-state index in [1.165, 1.54) is 6.07 Å². The van der Waals surface area contributed by atoms with E-state index in [1.807, 2.05) is 24.8 Å². The highest BCUT2D eigenvalue weighted by Crippen LogP contribution is 2.44. The monoisotopic (exact) mass is 505 g/mol. The lowest BCUT2D eigenvalue weighted by atomic mass is 9.95. The van der Waals surface area contributed by atoms with Gasteiger partial charge >= 0.3 is 12.1 Å². The predicted molar refractivity (Wildman–Crippen MR) is 125 cm³/mol. The summed E-state index contributed by atoms with van der Waals surface area (Å²) >= 11 is 0. The molecule has 9 heteroatoms. The molecule has 194 valence electrons. The highest BCUT2D eigenvalue weighted by atomic mass is 19.4. The van der Waals surface area contributed by atoms with Gasteiger partial charge in [-0.3, -0.25) is 9.69 Å². The lowest BCUT2D eigenvalue weighted by Crippen LogP contribution is -2.45. The van der Waals surface area contributed by atoms with E-state index in [0.717, 1.165) is 16.7 Å². The van der Waals surface area contributed by atoms with Gasteiger partial charge in [0.05, 0.1) is 30.8 Å². The number of hydrogen-bond acceptors (Lipinski definition) is 5. The van der Waals surface area contributed by atoms with Gasteiger partial charge in [-0.05, 0) is 55.5 Å². The van der Waals surface area contributed by atoms with E-state index in [-0.39, 0.29) is 37.2 Å². The topological polar surface area (TPSA) is 68.2 Å². The van der Waals surface area contributed by atoms with Crippen LogP contribution in [0.3, 0.4) is 0 Å². The molecule has 2 aliphatic heterocycles. The number of aliphatic carboxylic acids is 1. The molecule has 0 saturated carbocycles. The number of benzene rings is 2. The lowest BCUT2D eigenvalue weighted by Gasteiger charge is -2.36. The Bertz CT molecular complexity index is 1140. The number of carboxylic acids is 1. The average Bonchev–Trinajstić information content (AvgIpc) is 3.36. The van der Waals surface area contributed by atoms with Gasteiger partial charge in [0.1, 0.15) is 17.6 Å². The largest absolute Gasteiger partial charge is 0.492 e. The summed E-state index contributed by atoms with van der Waals surface area (Å²) < 4.78 is 59.6. The van der Waals surface area contributed by atoms with Crippen LogP contribution in [-0.2, 0) is 28.7 Å². The summed E-state index contributed by atoms with van der Waals surface area (Å²) in [7, 11) is 0. The summed E-state index contributed by atoms with van der Waals surface area (Å²) in [4.78, 5) is 13.1. The number of morpholine rings is 1. The number of rotatable bonds is 6. The van der Waals surface area contributed by atoms with Gasteiger partial charge < -0.3 is 19.3 Å². The minimum absolute atomic E-state index is 0.00574. The van der Waals surface area contributed by atoms with E-state index in [2.05, 4.69) is 0 Å². The fraction of sp³-hybridized carbons (Fsp3) is 0.519. The first-order valence-corrected chi connectivity index (χ1v) is 12.3. The van der Waals surface area contributed by atoms with Gasteiger partial charge in [-0.2, -0.15) is 13.2 Å². The Balaban J connectivity index is 1.39. The van der Waals surface area contributed by atoms with Crippen LogP contribution >= 0.6 is 0 Å². The van der Waals surface area contributed by atoms with E-state index < -0.39 is 17.7 Å². The predicted octanol–water partition coefficient (Wildman–Crippen LogP) is 5.33. The van der Waals surface area contributed by atoms with E-state index in [0.29, 0.717) is 49.6 Å². The highest BCUT2D eigenvalue weighted by molar-refractivity contribution is 5.68. The maximum atomic E-state index is 14.0. The van der Waals surface area contributed by atoms with Crippen molar-refractivity contribution in [2.75, 3.05) is 19.7 Å². The number of fused-ring (bicyclic) bond motifs is 2. The molecule has 0 bridgehead atoms. The zero-order valence-corrected chi connectivity index (χ0v) is 20.3. The molecule has 3 aliphatic rings. The molecule has 6 nitrogen and oxygen atoms in total. The van der Waals surface area contributed by atoms with Crippen LogP contribution in [0.1, 0.15) is 66.5 Å². The Kier molecular flexibility index (Phi) is 6.63. The summed E-state index contributed by atoms with van der Waals surface area (Å²) in [6.07, 6.45) is -3.78. The van der Waals surface area contributed by atoms with Gasteiger partial charge in [0.15, 0.2) is 0 Å². The Morgan fingerprint density at radius 3 is 2.56 bits per heavy atom. The third kappa shape index (κ3) is 5.04. The SMILES string of the molecule is CC1CN(Cc2c(C(F)(F)F)ccc3c2CC[C@H]3Oc2ccc3c(c2)OC[C@H]3CC(=O)O)CC(C)O1. The zero-order valence-electron chi connectivity index (χ0n) is 20.3. The maximum absolute atomic E-state index is 14.0. The number of alkyl halides is 3. The second-order valence-electron chi connectivity index (χ2n) is 10.1. The van der Waals surface area contributed by atoms with E-state index in [9.17, 15) is 18.0 Å². The van der Waals surface area contributed by atoms with Crippen LogP contribution in [0.2, 0.25) is 0 Å². The zero-order chi connectivity index (χ0) is 25.6. The minimum atomic E-state index is -4.43. The quantitative estimate of drug-likeness (QED) is 0.572. The van der Waals surface area contributed by atoms with Gasteiger partial charge in [-0.1, -0.05) is 12.1 Å². The molecule has 5 rings (SSSR count). The summed E-state index contributed by atoms with van der Waals surface area (Å²) in [5.74, 6) is 0.0718. The van der Waals surface area contributed by atoms with Gasteiger partial charge in [0, 0.05) is 37.2 Å². The molecule has 1 N–H and O–H groups in total. The number of carbonyl (C=O) groups is 1. The van der Waals surface area contributed by atoms with E-state index in [1.54, 1.807) is 18.2 Å². The molecular formula is C27H30F3NO5. The molecule has 36 heavy (non-hydrogen) atoms. The van der Waals surface area contributed by atoms with Crippen molar-refractivity contribution in [3.63, 3.8) is 0 Å². The van der Waals surface area contributed by atoms with Crippen molar-refractivity contribution in [3.05, 3.63) is 58.1 Å². The summed E-state index contributed by atoms with van der Waals surface area (Å²) in [6.45, 7) is 5.58. The number of carboxylic acid groups (broad SMARTS) is 1. The molecular weight excluding hydrogens is 475 g/mol. The van der Waals surface area contributed by atoms with Crippen LogP contribution in [0.4, 0.5) is 13.2 Å². The standard InChI is InChI=1S/C27H30F3NO5/c1-15-11-31(12-16(2)35-15)13-22-20-6-8-24(21(20)5-7-23(22)27(28,29)30)36-18-3-4-19-17(9-26(32)33)14-34-25(19)10-18/h3-5,7,10,15-17,24H,6,8-9,11-14H2,1-2H3,(H,32,33)/t15?,16?,17-,24-/m1/s1. The van der Waals surface area contributed by atoms with Gasteiger partial charge in [-0.25, -0.2) is 0 Å². The second kappa shape index (κ2) is 9.59. The third-order valence-corrected chi connectivity index (χ3v) is 7.22.